The number of nitrogens with zero attached hydrogens (tertiary/aromatic N) is 2. The van der Waals surface area contributed by atoms with Crippen molar-refractivity contribution in [3.8, 4) is 45.6 Å². The summed E-state index contributed by atoms with van der Waals surface area (Å²) < 4.78 is 23.8. The van der Waals surface area contributed by atoms with Gasteiger partial charge in [0.15, 0.2) is 11.5 Å². The molecule has 4 aliphatic rings. The van der Waals surface area contributed by atoms with Crippen molar-refractivity contribution in [3.05, 3.63) is 100 Å². The van der Waals surface area contributed by atoms with E-state index in [1.54, 1.807) is 38.5 Å². The number of hydrogen-bond donors (Lipinski definition) is 2. The zero-order chi connectivity index (χ0) is 32.1. The van der Waals surface area contributed by atoms with Crippen molar-refractivity contribution in [2.75, 3.05) is 34.9 Å². The molecule has 236 valence electrons. The fourth-order valence-electron chi connectivity index (χ4n) is 7.06. The molecular weight excluding hydrogens is 584 g/mol. The molecule has 9 nitrogen and oxygen atoms in total. The third-order valence-electron chi connectivity index (χ3n) is 9.48. The molecule has 0 saturated carbocycles. The first-order valence-electron chi connectivity index (χ1n) is 15.3. The number of ether oxygens (including phenoxy) is 4. The predicted molar refractivity (Wildman–Crippen MR) is 173 cm³/mol. The minimum Gasteiger partial charge on any atom is -0.507 e. The lowest BCUT2D eigenvalue weighted by molar-refractivity contribution is -0.117. The van der Waals surface area contributed by atoms with Crippen molar-refractivity contribution in [3.63, 3.8) is 0 Å². The van der Waals surface area contributed by atoms with E-state index in [0.717, 1.165) is 52.8 Å². The highest BCUT2D eigenvalue weighted by Gasteiger charge is 2.35. The van der Waals surface area contributed by atoms with E-state index in [1.807, 2.05) is 54.6 Å². The van der Waals surface area contributed by atoms with Crippen molar-refractivity contribution in [2.24, 2.45) is 0 Å². The Morgan fingerprint density at radius 2 is 1.59 bits per heavy atom. The van der Waals surface area contributed by atoms with Gasteiger partial charge in [-0.15, -0.1) is 0 Å². The summed E-state index contributed by atoms with van der Waals surface area (Å²) in [4.78, 5) is 16.3. The lowest BCUT2D eigenvalue weighted by Crippen LogP contribution is -2.33. The summed E-state index contributed by atoms with van der Waals surface area (Å²) in [5, 5.41) is 23.0. The molecule has 0 unspecified atom stereocenters. The van der Waals surface area contributed by atoms with Crippen LogP contribution in [-0.2, 0) is 28.8 Å². The summed E-state index contributed by atoms with van der Waals surface area (Å²) in [7, 11) is 6.83. The molecule has 8 rings (SSSR count). The van der Waals surface area contributed by atoms with Crippen LogP contribution in [0, 0.1) is 0 Å². The molecule has 1 amide bonds. The summed E-state index contributed by atoms with van der Waals surface area (Å²) in [6.45, 7) is 0.797. The van der Waals surface area contributed by atoms with Gasteiger partial charge in [-0.05, 0) is 91.0 Å². The maximum absolute atomic E-state index is 12.5. The van der Waals surface area contributed by atoms with Crippen LogP contribution in [0.25, 0.3) is 16.9 Å². The van der Waals surface area contributed by atoms with Crippen LogP contribution in [0.2, 0.25) is 0 Å². The van der Waals surface area contributed by atoms with E-state index in [1.165, 1.54) is 0 Å². The van der Waals surface area contributed by atoms with Gasteiger partial charge in [0, 0.05) is 35.5 Å². The normalized spacial score (nSPS) is 18.5. The van der Waals surface area contributed by atoms with Crippen molar-refractivity contribution in [1.82, 2.24) is 9.80 Å². The van der Waals surface area contributed by atoms with Gasteiger partial charge in [0.1, 0.15) is 28.8 Å². The Labute approximate surface area is 267 Å². The average Bonchev–Trinajstić information content (AvgIpc) is 3.07. The van der Waals surface area contributed by atoms with E-state index >= 15 is 0 Å². The third kappa shape index (κ3) is 4.87. The van der Waals surface area contributed by atoms with Crippen LogP contribution in [0.15, 0.2) is 66.9 Å². The first-order chi connectivity index (χ1) is 22.3. The smallest absolute Gasteiger partial charge is 0.214 e. The Balaban J connectivity index is 1.52. The number of aromatic hydroxyl groups is 2. The Hall–Kier alpha value is -5.15. The highest BCUT2D eigenvalue weighted by Crippen LogP contribution is 2.52. The first-order valence-corrected chi connectivity index (χ1v) is 15.3. The van der Waals surface area contributed by atoms with Gasteiger partial charge in [0.25, 0.3) is 0 Å². The fourth-order valence-corrected chi connectivity index (χ4v) is 7.06. The van der Waals surface area contributed by atoms with Gasteiger partial charge in [-0.2, -0.15) is 0 Å². The number of carbonyl (C=O) groups excluding carboxylic acids is 1. The molecule has 4 aromatic rings. The second-order valence-corrected chi connectivity index (χ2v) is 12.0. The summed E-state index contributed by atoms with van der Waals surface area (Å²) in [5.41, 5.74) is 6.56. The number of rotatable bonds is 4. The average molecular weight is 621 g/mol. The number of phenols is 2. The summed E-state index contributed by atoms with van der Waals surface area (Å²) in [5.74, 6) is 2.69. The van der Waals surface area contributed by atoms with Crippen LogP contribution >= 0.6 is 0 Å². The molecule has 2 atom stereocenters. The maximum Gasteiger partial charge on any atom is 0.214 e. The van der Waals surface area contributed by atoms with Crippen molar-refractivity contribution in [1.29, 1.82) is 0 Å². The van der Waals surface area contributed by atoms with E-state index in [-0.39, 0.29) is 23.6 Å². The molecule has 0 aromatic heterocycles. The standard InChI is InChI=1S/C37H36N2O7/c1-38-12-11-23-16-33(44-3)36-27-17-25-26(18-31(27)43-2)34(45-4)19-39(20-40)28(25)13-21-5-8-24(9-6-21)46-32-15-22(7-10-30(32)41)14-29(38)35(23)37(36)42/h5-10,15-20,28-29,41-42H,11-14H2,1-4H3/t28-,29-/m1/s1. The number of phenolic OH excluding ortho intramolecular Hbond substituents is 2. The van der Waals surface area contributed by atoms with Gasteiger partial charge in [-0.25, -0.2) is 0 Å². The van der Waals surface area contributed by atoms with E-state index < -0.39 is 0 Å². The molecule has 0 aliphatic carbocycles. The molecular formula is C37H36N2O7. The number of methoxy groups -OCH3 is 3. The molecule has 9 heteroatoms. The Kier molecular flexibility index (Phi) is 7.49. The number of amides is 1. The summed E-state index contributed by atoms with van der Waals surface area (Å²) >= 11 is 0. The van der Waals surface area contributed by atoms with Crippen LogP contribution in [0.4, 0.5) is 0 Å². The van der Waals surface area contributed by atoms with Gasteiger partial charge in [-0.3, -0.25) is 9.69 Å². The maximum atomic E-state index is 12.5. The van der Waals surface area contributed by atoms with E-state index in [2.05, 4.69) is 11.9 Å². The van der Waals surface area contributed by atoms with E-state index in [0.29, 0.717) is 52.7 Å². The zero-order valence-electron chi connectivity index (χ0n) is 26.2. The Bertz CT molecular complexity index is 1870. The molecule has 0 radical (unpaired) electrons. The Morgan fingerprint density at radius 1 is 0.848 bits per heavy atom. The van der Waals surface area contributed by atoms with E-state index in [9.17, 15) is 15.0 Å². The SMILES string of the molecule is COC1=CN(C=O)[C@@H]2Cc3ccc(cc3)Oc3cc(ccc3O)C[C@@H]3c4c(cc(OC)c(c4O)-c4cc2c1cc4OC)CCN3C. The van der Waals surface area contributed by atoms with Crippen molar-refractivity contribution in [2.45, 2.75) is 31.3 Å². The van der Waals surface area contributed by atoms with Crippen LogP contribution in [0.3, 0.4) is 0 Å². The largest absolute Gasteiger partial charge is 0.507 e. The first kappa shape index (κ1) is 29.6. The predicted octanol–water partition coefficient (Wildman–Crippen LogP) is 6.36. The highest BCUT2D eigenvalue weighted by atomic mass is 16.5. The van der Waals surface area contributed by atoms with Gasteiger partial charge < -0.3 is 34.1 Å². The van der Waals surface area contributed by atoms with Gasteiger partial charge in [-0.1, -0.05) is 18.2 Å². The van der Waals surface area contributed by atoms with Gasteiger partial charge in [0.05, 0.1) is 32.9 Å². The van der Waals surface area contributed by atoms with Crippen LogP contribution < -0.4 is 14.2 Å². The molecule has 0 spiro atoms. The van der Waals surface area contributed by atoms with Crippen LogP contribution in [0.1, 0.15) is 45.5 Å². The number of benzene rings is 4. The third-order valence-corrected chi connectivity index (χ3v) is 9.48. The molecule has 4 heterocycles. The molecule has 0 saturated heterocycles. The number of likely N-dealkylation sites (N-methyl/N-ethyl adjacent to an activating group) is 1. The minimum atomic E-state index is -0.382. The molecule has 2 N–H and O–H groups in total. The molecule has 4 aliphatic heterocycles. The Morgan fingerprint density at radius 3 is 2.30 bits per heavy atom. The quantitative estimate of drug-likeness (QED) is 0.254. The van der Waals surface area contributed by atoms with Crippen LogP contribution in [-0.4, -0.2) is 61.3 Å². The zero-order valence-corrected chi connectivity index (χ0v) is 26.2. The molecule has 0 fully saturated rings. The lowest BCUT2D eigenvalue weighted by Gasteiger charge is -2.37. The number of carbonyl (C=O) groups is 1. The van der Waals surface area contributed by atoms with Crippen molar-refractivity contribution < 1.29 is 34.0 Å². The second kappa shape index (κ2) is 11.7. The van der Waals surface area contributed by atoms with Gasteiger partial charge >= 0.3 is 0 Å². The molecule has 8 bridgehead atoms. The summed E-state index contributed by atoms with van der Waals surface area (Å²) in [6.07, 6.45) is 4.30. The fraction of sp³-hybridized carbons (Fsp3) is 0.270. The van der Waals surface area contributed by atoms with E-state index in [4.69, 9.17) is 18.9 Å². The summed E-state index contributed by atoms with van der Waals surface area (Å²) in [6, 6.07) is 18.4. The number of hydrogen-bond acceptors (Lipinski definition) is 8. The lowest BCUT2D eigenvalue weighted by atomic mass is 9.83. The monoisotopic (exact) mass is 620 g/mol. The number of fused-ring (bicyclic) bond motifs is 2. The van der Waals surface area contributed by atoms with Crippen LogP contribution in [0.5, 0.6) is 34.5 Å². The van der Waals surface area contributed by atoms with Crippen molar-refractivity contribution >= 4 is 12.2 Å². The topological polar surface area (TPSA) is 101 Å². The molecule has 46 heavy (non-hydrogen) atoms. The van der Waals surface area contributed by atoms with Gasteiger partial charge in [0.2, 0.25) is 6.41 Å². The second-order valence-electron chi connectivity index (χ2n) is 12.0. The molecule has 4 aromatic carbocycles. The highest BCUT2D eigenvalue weighted by molar-refractivity contribution is 5.86. The minimum absolute atomic E-state index is 0.0391.